The van der Waals surface area contributed by atoms with Crippen molar-refractivity contribution in [3.8, 4) is 33.8 Å². The minimum absolute atomic E-state index is 0.0906. The van der Waals surface area contributed by atoms with Gasteiger partial charge in [0.1, 0.15) is 11.5 Å². The maximum atomic E-state index is 6.91. The molecule has 0 radical (unpaired) electrons. The van der Waals surface area contributed by atoms with Crippen molar-refractivity contribution < 1.29 is 4.74 Å². The molecule has 4 aliphatic rings. The molecule has 268 valence electrons. The van der Waals surface area contributed by atoms with E-state index in [2.05, 4.69) is 187 Å². The molecular weight excluding hydrogens is 732 g/mol. The quantitative estimate of drug-likeness (QED) is 0.163. The highest BCUT2D eigenvalue weighted by Crippen LogP contribution is 2.59. The normalized spacial score (nSPS) is 14.9. The van der Waals surface area contributed by atoms with Crippen molar-refractivity contribution in [2.45, 2.75) is 29.1 Å². The zero-order valence-corrected chi connectivity index (χ0v) is 32.9. The Labute approximate surface area is 339 Å². The molecule has 0 atom stereocenters. The van der Waals surface area contributed by atoms with Gasteiger partial charge in [-0.2, -0.15) is 0 Å². The Morgan fingerprint density at radius 3 is 2.23 bits per heavy atom. The lowest BCUT2D eigenvalue weighted by Gasteiger charge is -2.48. The van der Waals surface area contributed by atoms with Crippen molar-refractivity contribution in [3.05, 3.63) is 175 Å². The lowest BCUT2D eigenvalue weighted by atomic mass is 9.43. The molecule has 13 rings (SSSR count). The number of hydrogen-bond donors (Lipinski definition) is 0. The second kappa shape index (κ2) is 11.4. The number of fused-ring (bicyclic) bond motifs is 12. The zero-order valence-electron chi connectivity index (χ0n) is 31.3. The van der Waals surface area contributed by atoms with Crippen LogP contribution in [0, 0.1) is 0 Å². The molecule has 1 aromatic heterocycles. The average molecular weight is 765 g/mol. The predicted octanol–water partition coefficient (Wildman–Crippen LogP) is 13.3. The van der Waals surface area contributed by atoms with Gasteiger partial charge in [-0.1, -0.05) is 129 Å². The van der Waals surface area contributed by atoms with Crippen molar-refractivity contribution in [1.29, 1.82) is 0 Å². The number of thiophene rings is 1. The van der Waals surface area contributed by atoms with Crippen LogP contribution in [0.3, 0.4) is 0 Å². The fraction of sp³-hybridized carbons (Fsp3) is 0.0588. The molecule has 3 nitrogen and oxygen atoms in total. The van der Waals surface area contributed by atoms with E-state index in [1.807, 2.05) is 23.1 Å². The van der Waals surface area contributed by atoms with E-state index in [0.717, 1.165) is 22.9 Å². The zero-order chi connectivity index (χ0) is 37.6. The van der Waals surface area contributed by atoms with Crippen LogP contribution in [0.15, 0.2) is 174 Å². The maximum absolute atomic E-state index is 6.91. The Kier molecular flexibility index (Phi) is 6.41. The van der Waals surface area contributed by atoms with Gasteiger partial charge in [0, 0.05) is 75.2 Å². The van der Waals surface area contributed by atoms with Gasteiger partial charge in [-0.25, -0.2) is 0 Å². The van der Waals surface area contributed by atoms with Crippen LogP contribution in [0.5, 0.6) is 11.5 Å². The smallest absolute Gasteiger partial charge is 0.333 e. The minimum Gasteiger partial charge on any atom is -0.457 e. The van der Waals surface area contributed by atoms with Gasteiger partial charge in [-0.05, 0) is 82.2 Å². The van der Waals surface area contributed by atoms with Crippen molar-refractivity contribution in [2.24, 2.45) is 0 Å². The maximum Gasteiger partial charge on any atom is 0.333 e. The lowest BCUT2D eigenvalue weighted by molar-refractivity contribution is 0.418. The van der Waals surface area contributed by atoms with Gasteiger partial charge in [-0.3, -0.25) is 0 Å². The van der Waals surface area contributed by atoms with Gasteiger partial charge >= 0.3 is 6.85 Å². The Bertz CT molecular complexity index is 3190. The summed E-state index contributed by atoms with van der Waals surface area (Å²) in [4.78, 5) is 7.76. The first-order chi connectivity index (χ1) is 28.0. The van der Waals surface area contributed by atoms with Crippen LogP contribution in [0.4, 0.5) is 28.4 Å². The summed E-state index contributed by atoms with van der Waals surface area (Å²) in [6.45, 7) is 4.61. The van der Waals surface area contributed by atoms with Crippen LogP contribution < -0.4 is 25.4 Å². The monoisotopic (exact) mass is 764 g/mol. The Morgan fingerprint density at radius 2 is 1.33 bits per heavy atom. The van der Waals surface area contributed by atoms with Gasteiger partial charge in [0.2, 0.25) is 0 Å². The molecule has 0 aliphatic carbocycles. The molecule has 0 N–H and O–H groups in total. The molecule has 6 heteroatoms. The third-order valence-corrected chi connectivity index (χ3v) is 14.9. The first-order valence-electron chi connectivity index (χ1n) is 19.6. The molecule has 0 amide bonds. The van der Waals surface area contributed by atoms with Crippen molar-refractivity contribution >= 4 is 89.5 Å². The van der Waals surface area contributed by atoms with E-state index >= 15 is 0 Å². The van der Waals surface area contributed by atoms with E-state index in [-0.39, 0.29) is 12.3 Å². The summed E-state index contributed by atoms with van der Waals surface area (Å²) in [5.74, 6) is 1.85. The summed E-state index contributed by atoms with van der Waals surface area (Å²) in [6.07, 6.45) is 0. The second-order valence-corrected chi connectivity index (χ2v) is 18.2. The molecule has 0 unspecified atom stereocenters. The van der Waals surface area contributed by atoms with Crippen LogP contribution in [0.25, 0.3) is 42.4 Å². The molecule has 9 aromatic rings. The third-order valence-electron chi connectivity index (χ3n) is 12.7. The molecule has 5 heterocycles. The summed E-state index contributed by atoms with van der Waals surface area (Å²) in [6, 6.07) is 60.6. The summed E-state index contributed by atoms with van der Waals surface area (Å²) in [7, 11) is 0. The fourth-order valence-corrected chi connectivity index (χ4v) is 12.4. The first-order valence-corrected chi connectivity index (χ1v) is 21.3. The number of ether oxygens (including phenoxy) is 1. The van der Waals surface area contributed by atoms with Gasteiger partial charge in [0.25, 0.3) is 0 Å². The Morgan fingerprint density at radius 1 is 0.579 bits per heavy atom. The SMILES string of the molecule is CC1(C)c2ccccc2Oc2cc3c(cc21)-c1c2c(cc4sc5ccccc5c14)N1c4ccccc4Sc4cccc(c41)B2N3c1ccc(-c2ccccc2)cc1. The van der Waals surface area contributed by atoms with Crippen LogP contribution in [0.2, 0.25) is 0 Å². The summed E-state index contributed by atoms with van der Waals surface area (Å²) >= 11 is 3.79. The van der Waals surface area contributed by atoms with E-state index in [4.69, 9.17) is 4.74 Å². The van der Waals surface area contributed by atoms with E-state index in [1.165, 1.54) is 91.3 Å². The highest BCUT2D eigenvalue weighted by Gasteiger charge is 2.49. The first kappa shape index (κ1) is 31.9. The van der Waals surface area contributed by atoms with Gasteiger partial charge in [0.05, 0.1) is 11.4 Å². The van der Waals surface area contributed by atoms with Crippen LogP contribution in [-0.2, 0) is 5.41 Å². The predicted molar refractivity (Wildman–Crippen MR) is 241 cm³/mol. The molecule has 0 spiro atoms. The third kappa shape index (κ3) is 4.29. The van der Waals surface area contributed by atoms with Gasteiger partial charge < -0.3 is 14.4 Å². The van der Waals surface area contributed by atoms with E-state index in [9.17, 15) is 0 Å². The van der Waals surface area contributed by atoms with Crippen molar-refractivity contribution in [3.63, 3.8) is 0 Å². The van der Waals surface area contributed by atoms with E-state index < -0.39 is 0 Å². The molecular formula is C51H33BN2OS2. The van der Waals surface area contributed by atoms with Crippen LogP contribution in [-0.4, -0.2) is 6.85 Å². The number of anilines is 5. The largest absolute Gasteiger partial charge is 0.457 e. The highest BCUT2D eigenvalue weighted by atomic mass is 32.2. The number of benzene rings is 8. The van der Waals surface area contributed by atoms with Crippen LogP contribution >= 0.6 is 23.1 Å². The topological polar surface area (TPSA) is 15.7 Å². The summed E-state index contributed by atoms with van der Waals surface area (Å²) < 4.78 is 9.53. The lowest BCUT2D eigenvalue weighted by Crippen LogP contribution is -2.62. The van der Waals surface area contributed by atoms with Crippen molar-refractivity contribution in [1.82, 2.24) is 0 Å². The molecule has 0 fully saturated rings. The molecule has 0 saturated heterocycles. The molecule has 57 heavy (non-hydrogen) atoms. The summed E-state index contributed by atoms with van der Waals surface area (Å²) in [5.41, 5.74) is 15.9. The second-order valence-electron chi connectivity index (χ2n) is 16.0. The fourth-order valence-electron chi connectivity index (χ4n) is 10.1. The standard InChI is InChI=1S/C51H33BN2OS2/c1-51(2)35-16-7-9-19-41(35)55-42-28-39-34(27-36(42)51)48-47-33-15-6-10-20-43(33)56-46(47)29-40-49(48)52(54(39)32-25-23-31(24-26-32)30-13-4-3-5-14-30)37-17-12-22-45-50(37)53(40)38-18-8-11-21-44(38)57-45/h3-29H,1-2H3. The molecule has 8 aromatic carbocycles. The molecule has 0 saturated carbocycles. The van der Waals surface area contributed by atoms with E-state index in [1.54, 1.807) is 0 Å². The molecule has 0 bridgehead atoms. The van der Waals surface area contributed by atoms with Crippen molar-refractivity contribution in [2.75, 3.05) is 9.71 Å². The summed E-state index contributed by atoms with van der Waals surface area (Å²) in [5, 5.41) is 2.65. The minimum atomic E-state index is -0.270. The number of hydrogen-bond acceptors (Lipinski definition) is 5. The average Bonchev–Trinajstić information content (AvgIpc) is 3.63. The van der Waals surface area contributed by atoms with E-state index in [0.29, 0.717) is 0 Å². The van der Waals surface area contributed by atoms with Crippen LogP contribution in [0.1, 0.15) is 25.0 Å². The van der Waals surface area contributed by atoms with Gasteiger partial charge in [0.15, 0.2) is 0 Å². The molecule has 4 aliphatic heterocycles. The van der Waals surface area contributed by atoms with Gasteiger partial charge in [-0.15, -0.1) is 11.3 Å². The number of nitrogens with zero attached hydrogens (tertiary/aromatic N) is 2. The Hall–Kier alpha value is -6.21. The Balaban J connectivity index is 1.18. The number of rotatable bonds is 2. The highest BCUT2D eigenvalue weighted by molar-refractivity contribution is 7.99. The number of para-hydroxylation sites is 3.